The Morgan fingerprint density at radius 1 is 1.10 bits per heavy atom. The van der Waals surface area contributed by atoms with Crippen LogP contribution in [0, 0.1) is 13.8 Å². The molecule has 0 aliphatic carbocycles. The normalized spacial score (nSPS) is 10.8. The zero-order valence-corrected chi connectivity index (χ0v) is 12.5. The van der Waals surface area contributed by atoms with Crippen LogP contribution in [0.25, 0.3) is 17.1 Å². The molecule has 0 atom stereocenters. The molecule has 0 fully saturated rings. The summed E-state index contributed by atoms with van der Waals surface area (Å²) in [6.45, 7) is 3.99. The van der Waals surface area contributed by atoms with Crippen molar-refractivity contribution in [1.29, 1.82) is 0 Å². The predicted molar refractivity (Wildman–Crippen MR) is 83.5 cm³/mol. The third-order valence-corrected chi connectivity index (χ3v) is 3.61. The predicted octanol–water partition coefficient (Wildman–Crippen LogP) is 3.18. The van der Waals surface area contributed by atoms with Crippen molar-refractivity contribution in [2.45, 2.75) is 13.8 Å². The number of tetrazole rings is 1. The van der Waals surface area contributed by atoms with Gasteiger partial charge in [-0.15, -0.1) is 5.10 Å². The molecule has 2 aromatic carbocycles. The average Bonchev–Trinajstić information content (AvgIpc) is 2.92. The maximum atomic E-state index is 6.04. The molecule has 1 aromatic heterocycles. The Balaban J connectivity index is 2.18. The fraction of sp³-hybridized carbons (Fsp3) is 0.133. The van der Waals surface area contributed by atoms with Crippen molar-refractivity contribution in [3.05, 3.63) is 52.5 Å². The van der Waals surface area contributed by atoms with E-state index in [4.69, 9.17) is 17.3 Å². The van der Waals surface area contributed by atoms with Crippen molar-refractivity contribution in [2.75, 3.05) is 5.73 Å². The molecule has 0 saturated heterocycles. The lowest BCUT2D eigenvalue weighted by atomic mass is 10.0. The van der Waals surface area contributed by atoms with Gasteiger partial charge < -0.3 is 5.73 Å². The van der Waals surface area contributed by atoms with Gasteiger partial charge in [-0.25, -0.2) is 0 Å². The number of anilines is 1. The highest BCUT2D eigenvalue weighted by molar-refractivity contribution is 6.30. The highest BCUT2D eigenvalue weighted by Crippen LogP contribution is 2.27. The second-order valence-corrected chi connectivity index (χ2v) is 5.35. The lowest BCUT2D eigenvalue weighted by Crippen LogP contribution is -2.02. The number of rotatable bonds is 2. The van der Waals surface area contributed by atoms with E-state index >= 15 is 0 Å². The maximum absolute atomic E-state index is 6.04. The number of benzene rings is 2. The minimum absolute atomic E-state index is 0.633. The van der Waals surface area contributed by atoms with E-state index in [0.717, 1.165) is 28.1 Å². The molecule has 3 rings (SSSR count). The van der Waals surface area contributed by atoms with Crippen molar-refractivity contribution >= 4 is 17.3 Å². The third-order valence-electron chi connectivity index (χ3n) is 3.38. The molecule has 106 valence electrons. The molecule has 0 unspecified atom stereocenters. The summed E-state index contributed by atoms with van der Waals surface area (Å²) in [5.74, 6) is 0.640. The molecule has 5 nitrogen and oxygen atoms in total. The Kier molecular flexibility index (Phi) is 3.35. The quantitative estimate of drug-likeness (QED) is 0.738. The first kappa shape index (κ1) is 13.6. The highest BCUT2D eigenvalue weighted by atomic mass is 35.5. The number of aryl methyl sites for hydroxylation is 2. The molecule has 1 heterocycles. The topological polar surface area (TPSA) is 69.6 Å². The van der Waals surface area contributed by atoms with Gasteiger partial charge in [0.2, 0.25) is 0 Å². The number of nitrogen functional groups attached to an aromatic ring is 1. The van der Waals surface area contributed by atoms with Crippen molar-refractivity contribution in [3.63, 3.8) is 0 Å². The molecule has 3 aromatic rings. The number of nitrogens with two attached hydrogens (primary N) is 1. The van der Waals surface area contributed by atoms with Crippen molar-refractivity contribution in [2.24, 2.45) is 0 Å². The van der Waals surface area contributed by atoms with Gasteiger partial charge in [-0.3, -0.25) is 0 Å². The molecule has 0 spiro atoms. The van der Waals surface area contributed by atoms with Gasteiger partial charge in [0.15, 0.2) is 5.82 Å². The van der Waals surface area contributed by atoms with Crippen LogP contribution in [0.5, 0.6) is 0 Å². The van der Waals surface area contributed by atoms with Gasteiger partial charge in [0.1, 0.15) is 0 Å². The Labute approximate surface area is 127 Å². The van der Waals surface area contributed by atoms with Crippen LogP contribution in [0.3, 0.4) is 0 Å². The Bertz CT molecular complexity index is 810. The zero-order chi connectivity index (χ0) is 15.0. The van der Waals surface area contributed by atoms with Crippen LogP contribution >= 0.6 is 11.6 Å². The number of aromatic nitrogens is 4. The van der Waals surface area contributed by atoms with Gasteiger partial charge in [0.25, 0.3) is 0 Å². The molecular weight excluding hydrogens is 286 g/mol. The van der Waals surface area contributed by atoms with E-state index in [1.807, 2.05) is 50.2 Å². The lowest BCUT2D eigenvalue weighted by molar-refractivity contribution is 0.791. The van der Waals surface area contributed by atoms with Crippen LogP contribution in [0.2, 0.25) is 5.02 Å². The first-order valence-corrected chi connectivity index (χ1v) is 6.85. The minimum atomic E-state index is 0.633. The monoisotopic (exact) mass is 299 g/mol. The van der Waals surface area contributed by atoms with E-state index in [0.29, 0.717) is 10.8 Å². The fourth-order valence-corrected chi connectivity index (χ4v) is 2.43. The van der Waals surface area contributed by atoms with Crippen LogP contribution in [0.4, 0.5) is 5.69 Å². The van der Waals surface area contributed by atoms with Gasteiger partial charge in [-0.2, -0.15) is 4.68 Å². The van der Waals surface area contributed by atoms with E-state index in [-0.39, 0.29) is 0 Å². The fourth-order valence-electron chi connectivity index (χ4n) is 2.25. The zero-order valence-electron chi connectivity index (χ0n) is 11.7. The number of hydrogen-bond acceptors (Lipinski definition) is 4. The molecule has 6 heteroatoms. The van der Waals surface area contributed by atoms with E-state index in [1.165, 1.54) is 0 Å². The molecule has 21 heavy (non-hydrogen) atoms. The molecule has 0 aliphatic rings. The Morgan fingerprint density at radius 3 is 2.67 bits per heavy atom. The molecule has 0 amide bonds. The molecule has 2 N–H and O–H groups in total. The van der Waals surface area contributed by atoms with Gasteiger partial charge in [0, 0.05) is 16.3 Å². The number of halogens is 1. The van der Waals surface area contributed by atoms with E-state index in [1.54, 1.807) is 4.68 Å². The van der Waals surface area contributed by atoms with Crippen LogP contribution in [0.15, 0.2) is 36.4 Å². The van der Waals surface area contributed by atoms with Gasteiger partial charge in [-0.05, 0) is 59.7 Å². The Morgan fingerprint density at radius 2 is 1.90 bits per heavy atom. The first-order chi connectivity index (χ1) is 10.1. The standard InChI is InChI=1S/C15H14ClN5/c1-9-6-10(2)14(17)8-13(9)15-18-19-20-21(15)12-5-3-4-11(16)7-12/h3-8H,17H2,1-2H3. The third kappa shape index (κ3) is 2.48. The number of nitrogens with zero attached hydrogens (tertiary/aromatic N) is 4. The van der Waals surface area contributed by atoms with Gasteiger partial charge in [-0.1, -0.05) is 23.7 Å². The molecule has 0 bridgehead atoms. The highest BCUT2D eigenvalue weighted by Gasteiger charge is 2.14. The SMILES string of the molecule is Cc1cc(C)c(-c2nnnn2-c2cccc(Cl)c2)cc1N. The largest absolute Gasteiger partial charge is 0.398 e. The maximum Gasteiger partial charge on any atom is 0.187 e. The molecule has 0 radical (unpaired) electrons. The second-order valence-electron chi connectivity index (χ2n) is 4.92. The molecular formula is C15H14ClN5. The van der Waals surface area contributed by atoms with Crippen molar-refractivity contribution in [3.8, 4) is 17.1 Å². The first-order valence-electron chi connectivity index (χ1n) is 6.47. The van der Waals surface area contributed by atoms with Crippen LogP contribution in [0.1, 0.15) is 11.1 Å². The van der Waals surface area contributed by atoms with Crippen LogP contribution < -0.4 is 5.73 Å². The van der Waals surface area contributed by atoms with Gasteiger partial charge in [0.05, 0.1) is 5.69 Å². The van der Waals surface area contributed by atoms with Crippen molar-refractivity contribution in [1.82, 2.24) is 20.2 Å². The molecule has 0 aliphatic heterocycles. The van der Waals surface area contributed by atoms with E-state index in [2.05, 4.69) is 15.5 Å². The van der Waals surface area contributed by atoms with Crippen LogP contribution in [-0.4, -0.2) is 20.2 Å². The van der Waals surface area contributed by atoms with Crippen LogP contribution in [-0.2, 0) is 0 Å². The summed E-state index contributed by atoms with van der Waals surface area (Å²) in [5, 5.41) is 12.6. The average molecular weight is 300 g/mol. The van der Waals surface area contributed by atoms with Gasteiger partial charge >= 0.3 is 0 Å². The summed E-state index contributed by atoms with van der Waals surface area (Å²) in [4.78, 5) is 0. The van der Waals surface area contributed by atoms with E-state index < -0.39 is 0 Å². The summed E-state index contributed by atoms with van der Waals surface area (Å²) < 4.78 is 1.66. The Hall–Kier alpha value is -2.40. The summed E-state index contributed by atoms with van der Waals surface area (Å²) >= 11 is 6.04. The van der Waals surface area contributed by atoms with E-state index in [9.17, 15) is 0 Å². The minimum Gasteiger partial charge on any atom is -0.398 e. The summed E-state index contributed by atoms with van der Waals surface area (Å²) in [5.41, 5.74) is 10.5. The molecule has 0 saturated carbocycles. The summed E-state index contributed by atoms with van der Waals surface area (Å²) in [6.07, 6.45) is 0. The lowest BCUT2D eigenvalue weighted by Gasteiger charge is -2.10. The number of hydrogen-bond donors (Lipinski definition) is 1. The summed E-state index contributed by atoms with van der Waals surface area (Å²) in [7, 11) is 0. The summed E-state index contributed by atoms with van der Waals surface area (Å²) in [6, 6.07) is 11.3. The second kappa shape index (κ2) is 5.18. The van der Waals surface area contributed by atoms with Crippen molar-refractivity contribution < 1.29 is 0 Å². The smallest absolute Gasteiger partial charge is 0.187 e.